The summed E-state index contributed by atoms with van der Waals surface area (Å²) in [6.07, 6.45) is 1.55. The number of hydrazone groups is 1. The van der Waals surface area contributed by atoms with E-state index in [1.807, 2.05) is 48.5 Å². The third-order valence-corrected chi connectivity index (χ3v) is 4.45. The maximum atomic E-state index is 12.3. The number of methoxy groups -OCH3 is 1. The maximum Gasteiger partial charge on any atom is 0.271 e. The molecule has 0 aliphatic carbocycles. The molecule has 7 heteroatoms. The lowest BCUT2D eigenvalue weighted by molar-refractivity contribution is 0.0954. The van der Waals surface area contributed by atoms with E-state index in [9.17, 15) is 4.79 Å². The van der Waals surface area contributed by atoms with Gasteiger partial charge < -0.3 is 18.9 Å². The van der Waals surface area contributed by atoms with Crippen LogP contribution in [0.5, 0.6) is 23.0 Å². The summed E-state index contributed by atoms with van der Waals surface area (Å²) >= 11 is 0. The predicted molar refractivity (Wildman–Crippen MR) is 111 cm³/mol. The summed E-state index contributed by atoms with van der Waals surface area (Å²) < 4.78 is 21.7. The molecule has 0 fully saturated rings. The summed E-state index contributed by atoms with van der Waals surface area (Å²) in [6, 6.07) is 20.1. The first kappa shape index (κ1) is 19.3. The van der Waals surface area contributed by atoms with Crippen LogP contribution < -0.4 is 24.4 Å². The summed E-state index contributed by atoms with van der Waals surface area (Å²) in [6.45, 7) is 0.538. The van der Waals surface area contributed by atoms with Crippen LogP contribution >= 0.6 is 0 Å². The van der Waals surface area contributed by atoms with Crippen LogP contribution in [0.4, 0.5) is 0 Å². The average molecular weight is 404 g/mol. The Hall–Kier alpha value is -4.00. The highest BCUT2D eigenvalue weighted by Gasteiger charge is 2.15. The van der Waals surface area contributed by atoms with Crippen molar-refractivity contribution >= 4 is 12.1 Å². The number of fused-ring (bicyclic) bond motifs is 1. The third-order valence-electron chi connectivity index (χ3n) is 4.45. The second kappa shape index (κ2) is 9.00. The zero-order chi connectivity index (χ0) is 20.8. The minimum Gasteiger partial charge on any atom is -0.497 e. The number of ether oxygens (including phenoxy) is 4. The van der Waals surface area contributed by atoms with E-state index in [-0.39, 0.29) is 12.7 Å². The number of benzene rings is 3. The van der Waals surface area contributed by atoms with Gasteiger partial charge >= 0.3 is 0 Å². The average Bonchev–Trinajstić information content (AvgIpc) is 3.26. The SMILES string of the molecule is COc1cccc(COc2ccccc2/C=N\NC(=O)c2ccc3c(c2)OCO3)c1. The summed E-state index contributed by atoms with van der Waals surface area (Å²) in [5, 5.41) is 4.06. The van der Waals surface area contributed by atoms with Crippen LogP contribution in [0.3, 0.4) is 0 Å². The third kappa shape index (κ3) is 4.52. The molecule has 0 spiro atoms. The van der Waals surface area contributed by atoms with E-state index in [2.05, 4.69) is 10.5 Å². The Bertz CT molecular complexity index is 1080. The Balaban J connectivity index is 1.39. The van der Waals surface area contributed by atoms with Gasteiger partial charge in [0.2, 0.25) is 6.79 Å². The van der Waals surface area contributed by atoms with Crippen LogP contribution in [-0.4, -0.2) is 26.0 Å². The van der Waals surface area contributed by atoms with E-state index in [0.717, 1.165) is 16.9 Å². The van der Waals surface area contributed by atoms with Gasteiger partial charge in [-0.25, -0.2) is 5.43 Å². The number of nitrogens with zero attached hydrogens (tertiary/aromatic N) is 1. The van der Waals surface area contributed by atoms with Gasteiger partial charge in [-0.3, -0.25) is 4.79 Å². The van der Waals surface area contributed by atoms with E-state index < -0.39 is 0 Å². The van der Waals surface area contributed by atoms with Crippen LogP contribution in [0, 0.1) is 0 Å². The van der Waals surface area contributed by atoms with Crippen molar-refractivity contribution in [2.75, 3.05) is 13.9 Å². The van der Waals surface area contributed by atoms with Gasteiger partial charge in [0.1, 0.15) is 18.1 Å². The molecule has 4 rings (SSSR count). The Labute approximate surface area is 173 Å². The van der Waals surface area contributed by atoms with Gasteiger partial charge in [-0.05, 0) is 48.0 Å². The molecule has 0 radical (unpaired) electrons. The van der Waals surface area contributed by atoms with Gasteiger partial charge in [0, 0.05) is 11.1 Å². The minimum absolute atomic E-state index is 0.158. The van der Waals surface area contributed by atoms with Crippen molar-refractivity contribution in [3.63, 3.8) is 0 Å². The molecule has 1 aliphatic heterocycles. The second-order valence-electron chi connectivity index (χ2n) is 6.45. The molecule has 152 valence electrons. The molecule has 0 saturated heterocycles. The first-order chi connectivity index (χ1) is 14.7. The van der Waals surface area contributed by atoms with Crippen LogP contribution in [0.2, 0.25) is 0 Å². The van der Waals surface area contributed by atoms with Gasteiger partial charge in [0.25, 0.3) is 5.91 Å². The molecule has 0 atom stereocenters. The number of carbonyl (C=O) groups is 1. The van der Waals surface area contributed by atoms with E-state index in [1.54, 1.807) is 31.5 Å². The molecule has 1 heterocycles. The van der Waals surface area contributed by atoms with Crippen LogP contribution in [0.1, 0.15) is 21.5 Å². The fourth-order valence-electron chi connectivity index (χ4n) is 2.90. The normalized spacial score (nSPS) is 12.0. The topological polar surface area (TPSA) is 78.4 Å². The van der Waals surface area contributed by atoms with Crippen molar-refractivity contribution < 1.29 is 23.7 Å². The molecule has 0 aromatic heterocycles. The Kier molecular flexibility index (Phi) is 5.80. The molecule has 0 unspecified atom stereocenters. The number of amides is 1. The minimum atomic E-state index is -0.348. The van der Waals surface area contributed by atoms with E-state index in [0.29, 0.717) is 29.4 Å². The highest BCUT2D eigenvalue weighted by atomic mass is 16.7. The van der Waals surface area contributed by atoms with Crippen molar-refractivity contribution in [3.8, 4) is 23.0 Å². The Morgan fingerprint density at radius 3 is 2.83 bits per heavy atom. The molecule has 1 aliphatic rings. The van der Waals surface area contributed by atoms with Crippen molar-refractivity contribution in [3.05, 3.63) is 83.4 Å². The lowest BCUT2D eigenvalue weighted by Gasteiger charge is -2.10. The zero-order valence-electron chi connectivity index (χ0n) is 16.3. The zero-order valence-corrected chi connectivity index (χ0v) is 16.3. The van der Waals surface area contributed by atoms with Crippen molar-refractivity contribution in [1.29, 1.82) is 0 Å². The number of nitrogens with one attached hydrogen (secondary N) is 1. The molecular formula is C23H20N2O5. The van der Waals surface area contributed by atoms with E-state index in [1.165, 1.54) is 0 Å². The molecule has 0 bridgehead atoms. The fraction of sp³-hybridized carbons (Fsp3) is 0.130. The lowest BCUT2D eigenvalue weighted by atomic mass is 10.2. The number of rotatable bonds is 7. The highest BCUT2D eigenvalue weighted by Crippen LogP contribution is 2.32. The molecule has 1 N–H and O–H groups in total. The van der Waals surface area contributed by atoms with Gasteiger partial charge in [0.15, 0.2) is 11.5 Å². The number of hydrogen-bond donors (Lipinski definition) is 1. The lowest BCUT2D eigenvalue weighted by Crippen LogP contribution is -2.17. The summed E-state index contributed by atoms with van der Waals surface area (Å²) in [5.41, 5.74) is 4.67. The van der Waals surface area contributed by atoms with E-state index in [4.69, 9.17) is 18.9 Å². The second-order valence-corrected chi connectivity index (χ2v) is 6.45. The number of hydrogen-bond acceptors (Lipinski definition) is 6. The molecule has 0 saturated carbocycles. The van der Waals surface area contributed by atoms with Crippen LogP contribution in [-0.2, 0) is 6.61 Å². The summed E-state index contributed by atoms with van der Waals surface area (Å²) in [7, 11) is 1.63. The Morgan fingerprint density at radius 1 is 1.07 bits per heavy atom. The van der Waals surface area contributed by atoms with Crippen molar-refractivity contribution in [1.82, 2.24) is 5.43 Å². The van der Waals surface area contributed by atoms with Gasteiger partial charge in [-0.2, -0.15) is 5.10 Å². The van der Waals surface area contributed by atoms with E-state index >= 15 is 0 Å². The fourth-order valence-corrected chi connectivity index (χ4v) is 2.90. The quantitative estimate of drug-likeness (QED) is 0.479. The molecular weight excluding hydrogens is 384 g/mol. The smallest absolute Gasteiger partial charge is 0.271 e. The van der Waals surface area contributed by atoms with Crippen LogP contribution in [0.15, 0.2) is 71.8 Å². The molecule has 3 aromatic rings. The van der Waals surface area contributed by atoms with Crippen molar-refractivity contribution in [2.45, 2.75) is 6.61 Å². The molecule has 7 nitrogen and oxygen atoms in total. The maximum absolute atomic E-state index is 12.3. The largest absolute Gasteiger partial charge is 0.497 e. The monoisotopic (exact) mass is 404 g/mol. The summed E-state index contributed by atoms with van der Waals surface area (Å²) in [4.78, 5) is 12.3. The molecule has 3 aromatic carbocycles. The van der Waals surface area contributed by atoms with Gasteiger partial charge in [-0.15, -0.1) is 0 Å². The molecule has 30 heavy (non-hydrogen) atoms. The first-order valence-corrected chi connectivity index (χ1v) is 9.31. The summed E-state index contributed by atoms with van der Waals surface area (Å²) in [5.74, 6) is 2.25. The van der Waals surface area contributed by atoms with Crippen LogP contribution in [0.25, 0.3) is 0 Å². The standard InChI is InChI=1S/C23H20N2O5/c1-27-19-7-4-5-16(11-19)14-28-20-8-3-2-6-18(20)13-24-25-23(26)17-9-10-21-22(12-17)30-15-29-21/h2-13H,14-15H2,1H3,(H,25,26)/b24-13-. The van der Waals surface area contributed by atoms with Gasteiger partial charge in [0.05, 0.1) is 13.3 Å². The van der Waals surface area contributed by atoms with Crippen molar-refractivity contribution in [2.24, 2.45) is 5.10 Å². The molecule has 1 amide bonds. The Morgan fingerprint density at radius 2 is 1.93 bits per heavy atom. The van der Waals surface area contributed by atoms with Gasteiger partial charge in [-0.1, -0.05) is 24.3 Å². The predicted octanol–water partition coefficient (Wildman–Crippen LogP) is 3.77. The number of carbonyl (C=O) groups excluding carboxylic acids is 1. The highest BCUT2D eigenvalue weighted by molar-refractivity contribution is 5.95. The number of para-hydroxylation sites is 1. The first-order valence-electron chi connectivity index (χ1n) is 9.31.